The van der Waals surface area contributed by atoms with Crippen molar-refractivity contribution < 1.29 is 0 Å². The SMILES string of the molecule is C.C=C(C)CC(C)(C)Cc1cc(C)cc(=O)n1[O-]. The van der Waals surface area contributed by atoms with Crippen molar-refractivity contribution in [3.8, 4) is 0 Å². The van der Waals surface area contributed by atoms with Gasteiger partial charge < -0.3 is 9.94 Å². The Morgan fingerprint density at radius 2 is 2.00 bits per heavy atom. The number of aromatic nitrogens is 1. The van der Waals surface area contributed by atoms with Gasteiger partial charge in [-0.3, -0.25) is 4.79 Å². The molecule has 0 aliphatic carbocycles. The molecule has 0 spiro atoms. The molecule has 3 nitrogen and oxygen atoms in total. The number of aryl methyl sites for hydroxylation is 1. The molecule has 0 radical (unpaired) electrons. The van der Waals surface area contributed by atoms with E-state index in [1.807, 2.05) is 13.8 Å². The monoisotopic (exact) mass is 250 g/mol. The van der Waals surface area contributed by atoms with Crippen LogP contribution in [-0.2, 0) is 6.42 Å². The van der Waals surface area contributed by atoms with Gasteiger partial charge in [0.05, 0.1) is 0 Å². The first-order chi connectivity index (χ1) is 7.71. The Balaban J connectivity index is 0.00000289. The van der Waals surface area contributed by atoms with E-state index in [4.69, 9.17) is 0 Å². The second kappa shape index (κ2) is 5.89. The molecule has 0 aliphatic heterocycles. The first-order valence-corrected chi connectivity index (χ1v) is 5.76. The number of allylic oxidation sites excluding steroid dienone is 1. The van der Waals surface area contributed by atoms with E-state index in [9.17, 15) is 10.0 Å². The van der Waals surface area contributed by atoms with Crippen LogP contribution in [0.15, 0.2) is 29.1 Å². The Kier molecular flexibility index (Phi) is 5.40. The van der Waals surface area contributed by atoms with Gasteiger partial charge in [-0.15, -0.1) is 6.58 Å². The zero-order valence-corrected chi connectivity index (χ0v) is 11.0. The fourth-order valence-corrected chi connectivity index (χ4v) is 2.25. The van der Waals surface area contributed by atoms with Crippen molar-refractivity contribution in [1.29, 1.82) is 0 Å². The summed E-state index contributed by atoms with van der Waals surface area (Å²) >= 11 is 0. The summed E-state index contributed by atoms with van der Waals surface area (Å²) in [5, 5.41) is 11.7. The molecule has 3 heteroatoms. The fraction of sp³-hybridized carbons (Fsp3) is 0.533. The molecule has 0 fully saturated rings. The maximum absolute atomic E-state index is 11.7. The third-order valence-electron chi connectivity index (χ3n) is 2.65. The Hall–Kier alpha value is -1.51. The number of hydrogen-bond donors (Lipinski definition) is 0. The normalized spacial score (nSPS) is 10.9. The predicted molar refractivity (Wildman–Crippen MR) is 77.9 cm³/mol. The number of nitrogens with zero attached hydrogens (tertiary/aromatic N) is 1. The largest absolute Gasteiger partial charge is 0.803 e. The molecule has 0 saturated carbocycles. The van der Waals surface area contributed by atoms with E-state index in [0.717, 1.165) is 17.6 Å². The summed E-state index contributed by atoms with van der Waals surface area (Å²) in [6.45, 7) is 11.9. The van der Waals surface area contributed by atoms with Gasteiger partial charge >= 0.3 is 0 Å². The van der Waals surface area contributed by atoms with Crippen LogP contribution in [0.1, 0.15) is 45.9 Å². The highest BCUT2D eigenvalue weighted by molar-refractivity contribution is 5.18. The minimum absolute atomic E-state index is 0. The Bertz CT molecular complexity index is 484. The molecular weight excluding hydrogens is 226 g/mol. The molecule has 0 amide bonds. The van der Waals surface area contributed by atoms with Crippen molar-refractivity contribution >= 4 is 0 Å². The maximum Gasteiger partial charge on any atom is 0.246 e. The Labute approximate surface area is 110 Å². The zero-order valence-electron chi connectivity index (χ0n) is 11.0. The molecule has 18 heavy (non-hydrogen) atoms. The molecule has 1 aromatic heterocycles. The lowest BCUT2D eigenvalue weighted by molar-refractivity contribution is 0.353. The first-order valence-electron chi connectivity index (χ1n) is 5.76. The molecule has 0 N–H and O–H groups in total. The molecular formula is C15H24NO2-. The molecule has 1 rings (SSSR count). The zero-order chi connectivity index (χ0) is 13.2. The topological polar surface area (TPSA) is 45.1 Å². The summed E-state index contributed by atoms with van der Waals surface area (Å²) in [6.07, 6.45) is 1.43. The van der Waals surface area contributed by atoms with Gasteiger partial charge in [-0.2, -0.15) is 0 Å². The van der Waals surface area contributed by atoms with Crippen LogP contribution in [0.4, 0.5) is 0 Å². The van der Waals surface area contributed by atoms with E-state index in [0.29, 0.717) is 16.8 Å². The summed E-state index contributed by atoms with van der Waals surface area (Å²) < 4.78 is 0.493. The van der Waals surface area contributed by atoms with Gasteiger partial charge in [-0.1, -0.05) is 26.8 Å². The molecule has 0 aliphatic rings. The summed E-state index contributed by atoms with van der Waals surface area (Å²) in [4.78, 5) is 11.4. The minimum atomic E-state index is -0.480. The second-order valence-corrected chi connectivity index (χ2v) is 5.63. The van der Waals surface area contributed by atoms with Crippen LogP contribution in [-0.4, -0.2) is 4.73 Å². The summed E-state index contributed by atoms with van der Waals surface area (Å²) in [6, 6.07) is 3.15. The molecule has 0 aromatic carbocycles. The van der Waals surface area contributed by atoms with Crippen molar-refractivity contribution in [3.05, 3.63) is 51.1 Å². The summed E-state index contributed by atoms with van der Waals surface area (Å²) in [5.74, 6) is 0. The van der Waals surface area contributed by atoms with Gasteiger partial charge in [0.25, 0.3) is 0 Å². The van der Waals surface area contributed by atoms with Crippen LogP contribution in [0.5, 0.6) is 0 Å². The molecule has 0 unspecified atom stereocenters. The number of pyridine rings is 1. The standard InChI is InChI=1S/C14H20NO2.CH4/c1-10(2)8-14(4,5)9-12-6-11(3)7-13(16)15(12)17;/h6-7H,1,8-9H2,2-5H3;1H4/q-1;. The molecule has 102 valence electrons. The average molecular weight is 250 g/mol. The van der Waals surface area contributed by atoms with Crippen molar-refractivity contribution in [3.63, 3.8) is 0 Å². The predicted octanol–water partition coefficient (Wildman–Crippen LogP) is 3.67. The average Bonchev–Trinajstić information content (AvgIpc) is 2.10. The Morgan fingerprint density at radius 1 is 1.44 bits per heavy atom. The first kappa shape index (κ1) is 16.5. The van der Waals surface area contributed by atoms with E-state index in [2.05, 4.69) is 20.4 Å². The second-order valence-electron chi connectivity index (χ2n) is 5.63. The molecule has 1 heterocycles. The van der Waals surface area contributed by atoms with Gasteiger partial charge in [-0.25, -0.2) is 0 Å². The van der Waals surface area contributed by atoms with Crippen LogP contribution < -0.4 is 5.56 Å². The smallest absolute Gasteiger partial charge is 0.246 e. The van der Waals surface area contributed by atoms with Crippen LogP contribution in [0.25, 0.3) is 0 Å². The summed E-state index contributed by atoms with van der Waals surface area (Å²) in [7, 11) is 0. The van der Waals surface area contributed by atoms with Gasteiger partial charge in [0, 0.05) is 11.8 Å². The van der Waals surface area contributed by atoms with Crippen LogP contribution in [0, 0.1) is 17.5 Å². The lowest BCUT2D eigenvalue weighted by Gasteiger charge is -2.28. The Morgan fingerprint density at radius 3 is 2.50 bits per heavy atom. The quantitative estimate of drug-likeness (QED) is 0.765. The van der Waals surface area contributed by atoms with E-state index in [1.54, 1.807) is 6.07 Å². The van der Waals surface area contributed by atoms with E-state index in [1.165, 1.54) is 6.07 Å². The molecule has 0 saturated heterocycles. The number of hydrogen-bond acceptors (Lipinski definition) is 2. The lowest BCUT2D eigenvalue weighted by Crippen LogP contribution is -2.24. The van der Waals surface area contributed by atoms with Gasteiger partial charge in [-0.05, 0) is 43.7 Å². The summed E-state index contributed by atoms with van der Waals surface area (Å²) in [5.41, 5.74) is 1.93. The van der Waals surface area contributed by atoms with Crippen molar-refractivity contribution in [2.45, 2.75) is 48.0 Å². The van der Waals surface area contributed by atoms with Gasteiger partial charge in [0.1, 0.15) is 0 Å². The van der Waals surface area contributed by atoms with Crippen LogP contribution in [0.2, 0.25) is 0 Å². The van der Waals surface area contributed by atoms with E-state index >= 15 is 0 Å². The van der Waals surface area contributed by atoms with Gasteiger partial charge in [0.15, 0.2) is 0 Å². The highest BCUT2D eigenvalue weighted by Gasteiger charge is 2.19. The van der Waals surface area contributed by atoms with Crippen molar-refractivity contribution in [2.75, 3.05) is 0 Å². The fourth-order valence-electron chi connectivity index (χ4n) is 2.25. The molecule has 0 bridgehead atoms. The van der Waals surface area contributed by atoms with Crippen LogP contribution >= 0.6 is 0 Å². The highest BCUT2D eigenvalue weighted by atomic mass is 16.5. The van der Waals surface area contributed by atoms with Crippen molar-refractivity contribution in [1.82, 2.24) is 4.73 Å². The van der Waals surface area contributed by atoms with E-state index < -0.39 is 5.56 Å². The number of rotatable bonds is 4. The van der Waals surface area contributed by atoms with Gasteiger partial charge in [0.2, 0.25) is 5.56 Å². The minimum Gasteiger partial charge on any atom is -0.803 e. The lowest BCUT2D eigenvalue weighted by atomic mass is 9.82. The highest BCUT2D eigenvalue weighted by Crippen LogP contribution is 2.28. The molecule has 1 aromatic rings. The van der Waals surface area contributed by atoms with Crippen LogP contribution in [0.3, 0.4) is 0 Å². The third kappa shape index (κ3) is 4.40. The van der Waals surface area contributed by atoms with Crippen molar-refractivity contribution in [2.24, 2.45) is 5.41 Å². The van der Waals surface area contributed by atoms with E-state index in [-0.39, 0.29) is 12.8 Å². The molecule has 0 atom stereocenters. The third-order valence-corrected chi connectivity index (χ3v) is 2.65. The maximum atomic E-state index is 11.7.